The van der Waals surface area contributed by atoms with Gasteiger partial charge in [0.05, 0.1) is 36.0 Å². The summed E-state index contributed by atoms with van der Waals surface area (Å²) in [6.45, 7) is 10.6. The van der Waals surface area contributed by atoms with Crippen molar-refractivity contribution in [1.29, 1.82) is 0 Å². The number of methoxy groups -OCH3 is 1. The summed E-state index contributed by atoms with van der Waals surface area (Å²) in [6, 6.07) is 11.5. The van der Waals surface area contributed by atoms with Crippen LogP contribution in [0.25, 0.3) is 0 Å². The van der Waals surface area contributed by atoms with Gasteiger partial charge < -0.3 is 28.7 Å². The molecule has 3 aliphatic heterocycles. The standard InChI is InChI=1S/C37H50ClN3O7S/c1-6-9-26-18-28(38)11-13-31(26)27-20-40-16-15-25(7-2)33(47-24-35(42)41-21-29(22-41)45-5)10-8-17-48-37(3,4)36(43)39-49(44)30-12-14-34(46-23-27)32(40)19-30/h8,10-14,18-19,25,27,29,33H,6-7,9,15-17,20-24H2,1-5H3,(H,39,43)/b10-8+. The number of amides is 2. The van der Waals surface area contributed by atoms with E-state index < -0.39 is 22.5 Å². The van der Waals surface area contributed by atoms with Gasteiger partial charge in [-0.25, -0.2) is 4.21 Å². The van der Waals surface area contributed by atoms with E-state index in [0.29, 0.717) is 48.5 Å². The summed E-state index contributed by atoms with van der Waals surface area (Å²) >= 11 is 6.43. The molecular weight excluding hydrogens is 666 g/mol. The minimum absolute atomic E-state index is 0.0366. The van der Waals surface area contributed by atoms with Crippen LogP contribution in [0.2, 0.25) is 5.02 Å². The lowest BCUT2D eigenvalue weighted by atomic mass is 9.91. The molecule has 0 aliphatic carbocycles. The molecule has 4 atom stereocenters. The highest BCUT2D eigenvalue weighted by atomic mass is 35.5. The zero-order valence-corrected chi connectivity index (χ0v) is 30.8. The number of nitrogens with one attached hydrogen (secondary N) is 1. The Bertz CT molecular complexity index is 1530. The molecule has 268 valence electrons. The lowest BCUT2D eigenvalue weighted by Crippen LogP contribution is -2.55. The zero-order chi connectivity index (χ0) is 35.1. The molecule has 1 fully saturated rings. The number of hydrogen-bond acceptors (Lipinski definition) is 8. The number of benzene rings is 2. The van der Waals surface area contributed by atoms with Gasteiger partial charge in [0.25, 0.3) is 5.91 Å². The van der Waals surface area contributed by atoms with E-state index in [2.05, 4.69) is 35.6 Å². The Morgan fingerprint density at radius 3 is 2.67 bits per heavy atom. The average Bonchev–Trinajstić information content (AvgIpc) is 3.23. The van der Waals surface area contributed by atoms with E-state index in [9.17, 15) is 13.8 Å². The first-order valence-corrected chi connectivity index (χ1v) is 18.8. The predicted octanol–water partition coefficient (Wildman–Crippen LogP) is 5.44. The highest BCUT2D eigenvalue weighted by molar-refractivity contribution is 7.83. The predicted molar refractivity (Wildman–Crippen MR) is 192 cm³/mol. The van der Waals surface area contributed by atoms with Gasteiger partial charge in [-0.3, -0.25) is 14.3 Å². The normalized spacial score (nSPS) is 25.5. The topological polar surface area (TPSA) is 107 Å². The van der Waals surface area contributed by atoms with Crippen molar-refractivity contribution in [3.63, 3.8) is 0 Å². The molecule has 2 bridgehead atoms. The van der Waals surface area contributed by atoms with Crippen molar-refractivity contribution in [3.05, 3.63) is 64.7 Å². The maximum atomic E-state index is 13.5. The summed E-state index contributed by atoms with van der Waals surface area (Å²) < 4.78 is 40.2. The Balaban J connectivity index is 1.46. The molecule has 3 heterocycles. The second-order valence-electron chi connectivity index (χ2n) is 13.5. The summed E-state index contributed by atoms with van der Waals surface area (Å²) in [6.07, 6.45) is 6.98. The van der Waals surface area contributed by atoms with Gasteiger partial charge in [-0.2, -0.15) is 0 Å². The van der Waals surface area contributed by atoms with Crippen molar-refractivity contribution in [1.82, 2.24) is 9.62 Å². The fraction of sp³-hybridized carbons (Fsp3) is 0.568. The number of hydrogen-bond donors (Lipinski definition) is 1. The molecule has 5 rings (SSSR count). The van der Waals surface area contributed by atoms with Crippen LogP contribution < -0.4 is 14.4 Å². The monoisotopic (exact) mass is 715 g/mol. The average molecular weight is 716 g/mol. The van der Waals surface area contributed by atoms with Crippen LogP contribution in [0.3, 0.4) is 0 Å². The fourth-order valence-electron chi connectivity index (χ4n) is 6.55. The minimum atomic E-state index is -1.81. The molecule has 12 heteroatoms. The highest BCUT2D eigenvalue weighted by Gasteiger charge is 2.33. The number of carbonyl (C=O) groups excluding carboxylic acids is 2. The van der Waals surface area contributed by atoms with Crippen LogP contribution >= 0.6 is 11.6 Å². The molecule has 4 unspecified atom stereocenters. The van der Waals surface area contributed by atoms with Gasteiger partial charge in [0, 0.05) is 44.2 Å². The smallest absolute Gasteiger partial charge is 0.263 e. The molecule has 0 saturated carbocycles. The van der Waals surface area contributed by atoms with Crippen LogP contribution in [0.4, 0.5) is 5.69 Å². The van der Waals surface area contributed by atoms with Crippen molar-refractivity contribution < 1.29 is 32.7 Å². The largest absolute Gasteiger partial charge is 0.491 e. The maximum absolute atomic E-state index is 13.5. The molecule has 10 nitrogen and oxygen atoms in total. The van der Waals surface area contributed by atoms with Crippen LogP contribution in [0.1, 0.15) is 64.0 Å². The van der Waals surface area contributed by atoms with E-state index in [0.717, 1.165) is 31.4 Å². The summed E-state index contributed by atoms with van der Waals surface area (Å²) in [5.41, 5.74) is 2.00. The van der Waals surface area contributed by atoms with Gasteiger partial charge in [0.2, 0.25) is 5.91 Å². The van der Waals surface area contributed by atoms with Gasteiger partial charge in [-0.1, -0.05) is 56.5 Å². The number of ether oxygens (including phenoxy) is 4. The number of nitrogens with zero attached hydrogens (tertiary/aromatic N) is 2. The third kappa shape index (κ3) is 9.24. The second kappa shape index (κ2) is 16.8. The van der Waals surface area contributed by atoms with E-state index in [1.807, 2.05) is 30.4 Å². The molecule has 3 aliphatic rings. The summed E-state index contributed by atoms with van der Waals surface area (Å²) in [7, 11) is -0.157. The number of fused-ring (bicyclic) bond motifs is 1. The van der Waals surface area contributed by atoms with Crippen LogP contribution in [0.15, 0.2) is 53.4 Å². The first-order valence-electron chi connectivity index (χ1n) is 17.3. The molecule has 0 spiro atoms. The maximum Gasteiger partial charge on any atom is 0.263 e. The van der Waals surface area contributed by atoms with E-state index in [1.54, 1.807) is 31.9 Å². The Morgan fingerprint density at radius 1 is 1.14 bits per heavy atom. The number of aryl methyl sites for hydroxylation is 1. The van der Waals surface area contributed by atoms with Crippen LogP contribution in [-0.4, -0.2) is 91.8 Å². The van der Waals surface area contributed by atoms with Crippen LogP contribution in [-0.2, 0) is 41.2 Å². The lowest BCUT2D eigenvalue weighted by Gasteiger charge is -2.38. The third-order valence-electron chi connectivity index (χ3n) is 9.72. The van der Waals surface area contributed by atoms with Crippen molar-refractivity contribution >= 4 is 40.1 Å². The molecule has 1 saturated heterocycles. The molecule has 49 heavy (non-hydrogen) atoms. The second-order valence-corrected chi connectivity index (χ2v) is 15.2. The summed E-state index contributed by atoms with van der Waals surface area (Å²) in [5.74, 6) is 0.270. The molecule has 1 N–H and O–H groups in total. The van der Waals surface area contributed by atoms with Crippen molar-refractivity contribution in [2.75, 3.05) is 58.0 Å². The number of anilines is 1. The molecular formula is C37H50ClN3O7S. The van der Waals surface area contributed by atoms with Crippen LogP contribution in [0, 0.1) is 5.92 Å². The Labute approximate surface area is 298 Å². The van der Waals surface area contributed by atoms with E-state index in [4.69, 9.17) is 30.5 Å². The van der Waals surface area contributed by atoms with Crippen LogP contribution in [0.5, 0.6) is 5.75 Å². The fourth-order valence-corrected chi connectivity index (χ4v) is 7.68. The number of halogens is 1. The lowest BCUT2D eigenvalue weighted by molar-refractivity contribution is -0.149. The Morgan fingerprint density at radius 2 is 1.94 bits per heavy atom. The van der Waals surface area contributed by atoms with Crippen molar-refractivity contribution in [3.8, 4) is 5.75 Å². The van der Waals surface area contributed by atoms with E-state index in [1.165, 1.54) is 11.1 Å². The van der Waals surface area contributed by atoms with E-state index >= 15 is 0 Å². The highest BCUT2D eigenvalue weighted by Crippen LogP contribution is 2.38. The quantitative estimate of drug-likeness (QED) is 0.361. The molecule has 0 aromatic heterocycles. The number of likely N-dealkylation sites (tertiary alicyclic amines) is 1. The molecule has 2 aromatic rings. The third-order valence-corrected chi connectivity index (χ3v) is 11.0. The number of carbonyl (C=O) groups is 2. The SMILES string of the molecule is CCCc1cc(Cl)ccc1C1COc2ccc3cc2N(CCC(CC)C(OCC(=O)N2CC(OC)C2)/C=C/COC(C)(C)C(=O)NS3=O)C1. The van der Waals surface area contributed by atoms with Gasteiger partial charge in [-0.05, 0) is 74.1 Å². The molecule has 2 amide bonds. The number of rotatable bonds is 8. The molecule has 2 aromatic carbocycles. The zero-order valence-electron chi connectivity index (χ0n) is 29.2. The van der Waals surface area contributed by atoms with E-state index in [-0.39, 0.29) is 43.2 Å². The van der Waals surface area contributed by atoms with Crippen molar-refractivity contribution in [2.45, 2.75) is 82.0 Å². The summed E-state index contributed by atoms with van der Waals surface area (Å²) in [4.78, 5) is 30.7. The van der Waals surface area contributed by atoms with Gasteiger partial charge in [0.1, 0.15) is 18.0 Å². The summed E-state index contributed by atoms with van der Waals surface area (Å²) in [5, 5.41) is 0.716. The molecule has 0 radical (unpaired) electrons. The van der Waals surface area contributed by atoms with Gasteiger partial charge >= 0.3 is 0 Å². The first kappa shape index (κ1) is 37.3. The Kier molecular flexibility index (Phi) is 12.8. The minimum Gasteiger partial charge on any atom is -0.491 e. The van der Waals surface area contributed by atoms with Gasteiger partial charge in [0.15, 0.2) is 11.0 Å². The first-order chi connectivity index (χ1) is 23.5. The van der Waals surface area contributed by atoms with Crippen molar-refractivity contribution in [2.24, 2.45) is 5.92 Å². The Hall–Kier alpha value is -2.96. The van der Waals surface area contributed by atoms with Gasteiger partial charge in [-0.15, -0.1) is 0 Å².